The van der Waals surface area contributed by atoms with Gasteiger partial charge in [0.1, 0.15) is 0 Å². The van der Waals surface area contributed by atoms with Crippen LogP contribution >= 0.6 is 0 Å². The third-order valence-electron chi connectivity index (χ3n) is 2.68. The van der Waals surface area contributed by atoms with E-state index in [4.69, 9.17) is 9.84 Å². The number of carboxylic acids is 1. The van der Waals surface area contributed by atoms with Crippen molar-refractivity contribution in [1.82, 2.24) is 0 Å². The van der Waals surface area contributed by atoms with E-state index in [0.717, 1.165) is 18.4 Å². The summed E-state index contributed by atoms with van der Waals surface area (Å²) in [7, 11) is 0. The molecule has 1 heterocycles. The van der Waals surface area contributed by atoms with Gasteiger partial charge >= 0.3 is 5.97 Å². The van der Waals surface area contributed by atoms with Gasteiger partial charge in [0, 0.05) is 0 Å². The van der Waals surface area contributed by atoms with Gasteiger partial charge in [0.15, 0.2) is 0 Å². The normalized spacial score (nSPS) is 25.3. The summed E-state index contributed by atoms with van der Waals surface area (Å²) in [5.41, 5.74) is 1.14. The number of hydrogen-bond acceptors (Lipinski definition) is 2. The van der Waals surface area contributed by atoms with Gasteiger partial charge in [-0.25, -0.2) is 0 Å². The number of hydrogen-bond donors (Lipinski definition) is 1. The van der Waals surface area contributed by atoms with E-state index < -0.39 is 5.97 Å². The fourth-order valence-corrected chi connectivity index (χ4v) is 1.96. The second-order valence-corrected chi connectivity index (χ2v) is 3.83. The van der Waals surface area contributed by atoms with Crippen LogP contribution in [0.4, 0.5) is 0 Å². The van der Waals surface area contributed by atoms with Gasteiger partial charge in [0.05, 0.1) is 18.6 Å². The zero-order chi connectivity index (χ0) is 10.7. The maximum Gasteiger partial charge on any atom is 0.305 e. The van der Waals surface area contributed by atoms with Gasteiger partial charge in [-0.2, -0.15) is 0 Å². The fraction of sp³-hybridized carbons (Fsp3) is 0.417. The van der Waals surface area contributed by atoms with E-state index in [1.165, 1.54) is 0 Å². The molecule has 2 rings (SSSR count). The first-order valence-corrected chi connectivity index (χ1v) is 5.18. The molecule has 0 saturated carbocycles. The fourth-order valence-electron chi connectivity index (χ4n) is 1.96. The molecule has 1 aromatic carbocycles. The Morgan fingerprint density at radius 3 is 2.73 bits per heavy atom. The number of benzene rings is 1. The molecule has 0 amide bonds. The molecule has 3 nitrogen and oxygen atoms in total. The largest absolute Gasteiger partial charge is 0.481 e. The van der Waals surface area contributed by atoms with E-state index >= 15 is 0 Å². The average molecular weight is 206 g/mol. The van der Waals surface area contributed by atoms with Gasteiger partial charge in [-0.05, 0) is 18.4 Å². The Hall–Kier alpha value is -1.35. The highest BCUT2D eigenvalue weighted by Crippen LogP contribution is 2.33. The standard InChI is InChI=1S/C12H14O3/c13-12(14)8-10-6-7-11(15-10)9-4-2-1-3-5-9/h1-5,10-11H,6-8H2,(H,13,14)/t10-,11-/m0/s1. The Morgan fingerprint density at radius 1 is 1.33 bits per heavy atom. The zero-order valence-corrected chi connectivity index (χ0v) is 8.43. The molecule has 0 radical (unpaired) electrons. The van der Waals surface area contributed by atoms with Crippen molar-refractivity contribution in [3.8, 4) is 0 Å². The van der Waals surface area contributed by atoms with Crippen LogP contribution in [0, 0.1) is 0 Å². The van der Waals surface area contributed by atoms with Gasteiger partial charge in [-0.3, -0.25) is 4.79 Å². The van der Waals surface area contributed by atoms with E-state index in [9.17, 15) is 4.79 Å². The van der Waals surface area contributed by atoms with Crippen LogP contribution in [-0.4, -0.2) is 17.2 Å². The SMILES string of the molecule is O=C(O)C[C@@H]1CC[C@@H](c2ccccc2)O1. The minimum Gasteiger partial charge on any atom is -0.481 e. The lowest BCUT2D eigenvalue weighted by molar-refractivity contribution is -0.140. The second kappa shape index (κ2) is 4.45. The van der Waals surface area contributed by atoms with Gasteiger partial charge in [-0.15, -0.1) is 0 Å². The van der Waals surface area contributed by atoms with Crippen molar-refractivity contribution >= 4 is 5.97 Å². The molecule has 1 aromatic rings. The van der Waals surface area contributed by atoms with Crippen molar-refractivity contribution in [2.45, 2.75) is 31.5 Å². The predicted molar refractivity (Wildman–Crippen MR) is 55.5 cm³/mol. The summed E-state index contributed by atoms with van der Waals surface area (Å²) in [5.74, 6) is -0.784. The Bertz CT molecular complexity index is 334. The summed E-state index contributed by atoms with van der Waals surface area (Å²) in [6, 6.07) is 9.96. The number of carboxylic acid groups (broad SMARTS) is 1. The average Bonchev–Trinajstić information content (AvgIpc) is 2.67. The minimum absolute atomic E-state index is 0.0792. The highest BCUT2D eigenvalue weighted by molar-refractivity contribution is 5.67. The predicted octanol–water partition coefficient (Wildman–Crippen LogP) is 2.38. The first-order valence-electron chi connectivity index (χ1n) is 5.18. The van der Waals surface area contributed by atoms with Gasteiger partial charge < -0.3 is 9.84 Å². The Balaban J connectivity index is 1.96. The van der Waals surface area contributed by atoms with Crippen molar-refractivity contribution in [1.29, 1.82) is 0 Å². The quantitative estimate of drug-likeness (QED) is 0.825. The molecule has 80 valence electrons. The van der Waals surface area contributed by atoms with Crippen LogP contribution in [-0.2, 0) is 9.53 Å². The van der Waals surface area contributed by atoms with Crippen LogP contribution in [0.1, 0.15) is 30.9 Å². The summed E-state index contributed by atoms with van der Waals surface area (Å²) < 4.78 is 5.68. The lowest BCUT2D eigenvalue weighted by Crippen LogP contribution is -2.12. The van der Waals surface area contributed by atoms with E-state index in [1.54, 1.807) is 0 Å². The molecule has 0 unspecified atom stereocenters. The van der Waals surface area contributed by atoms with Crippen molar-refractivity contribution in [2.75, 3.05) is 0 Å². The molecule has 3 heteroatoms. The molecule has 1 aliphatic rings. The number of rotatable bonds is 3. The minimum atomic E-state index is -0.784. The summed E-state index contributed by atoms with van der Waals surface area (Å²) >= 11 is 0. The smallest absolute Gasteiger partial charge is 0.305 e. The molecule has 0 spiro atoms. The molecule has 0 aliphatic carbocycles. The third kappa shape index (κ3) is 2.57. The van der Waals surface area contributed by atoms with Gasteiger partial charge in [-0.1, -0.05) is 30.3 Å². The third-order valence-corrected chi connectivity index (χ3v) is 2.68. The van der Waals surface area contributed by atoms with Gasteiger partial charge in [0.25, 0.3) is 0 Å². The lowest BCUT2D eigenvalue weighted by atomic mass is 10.1. The summed E-state index contributed by atoms with van der Waals surface area (Å²) in [4.78, 5) is 10.5. The maximum atomic E-state index is 10.5. The van der Waals surface area contributed by atoms with Crippen LogP contribution in [0.2, 0.25) is 0 Å². The molecule has 2 atom stereocenters. The Morgan fingerprint density at radius 2 is 2.07 bits per heavy atom. The van der Waals surface area contributed by atoms with E-state index in [0.29, 0.717) is 0 Å². The molecule has 15 heavy (non-hydrogen) atoms. The monoisotopic (exact) mass is 206 g/mol. The van der Waals surface area contributed by atoms with Crippen LogP contribution in [0.3, 0.4) is 0 Å². The van der Waals surface area contributed by atoms with Crippen LogP contribution in [0.25, 0.3) is 0 Å². The van der Waals surface area contributed by atoms with E-state index in [2.05, 4.69) is 0 Å². The van der Waals surface area contributed by atoms with E-state index in [-0.39, 0.29) is 18.6 Å². The molecule has 1 saturated heterocycles. The van der Waals surface area contributed by atoms with Crippen molar-refractivity contribution in [2.24, 2.45) is 0 Å². The lowest BCUT2D eigenvalue weighted by Gasteiger charge is -2.12. The molecule has 0 bridgehead atoms. The second-order valence-electron chi connectivity index (χ2n) is 3.83. The summed E-state index contributed by atoms with van der Waals surface area (Å²) in [6.07, 6.45) is 1.83. The topological polar surface area (TPSA) is 46.5 Å². The van der Waals surface area contributed by atoms with Crippen molar-refractivity contribution in [3.63, 3.8) is 0 Å². The Kier molecular flexibility index (Phi) is 3.02. The van der Waals surface area contributed by atoms with Gasteiger partial charge in [0.2, 0.25) is 0 Å². The van der Waals surface area contributed by atoms with Crippen LogP contribution < -0.4 is 0 Å². The van der Waals surface area contributed by atoms with E-state index in [1.807, 2.05) is 30.3 Å². The molecule has 1 aliphatic heterocycles. The number of carbonyl (C=O) groups is 1. The Labute approximate surface area is 88.7 Å². The van der Waals surface area contributed by atoms with Crippen molar-refractivity contribution in [3.05, 3.63) is 35.9 Å². The molecular weight excluding hydrogens is 192 g/mol. The highest BCUT2D eigenvalue weighted by Gasteiger charge is 2.27. The summed E-state index contributed by atoms with van der Waals surface area (Å²) in [5, 5.41) is 8.65. The highest BCUT2D eigenvalue weighted by atomic mass is 16.5. The first-order chi connectivity index (χ1) is 7.25. The number of ether oxygens (including phenoxy) is 1. The summed E-state index contributed by atoms with van der Waals surface area (Å²) in [6.45, 7) is 0. The molecular formula is C12H14O3. The zero-order valence-electron chi connectivity index (χ0n) is 8.43. The molecule has 0 aromatic heterocycles. The van der Waals surface area contributed by atoms with Crippen LogP contribution in [0.5, 0.6) is 0 Å². The van der Waals surface area contributed by atoms with Crippen molar-refractivity contribution < 1.29 is 14.6 Å². The number of aliphatic carboxylic acids is 1. The maximum absolute atomic E-state index is 10.5. The van der Waals surface area contributed by atoms with Crippen LogP contribution in [0.15, 0.2) is 30.3 Å². The molecule has 1 fully saturated rings. The first kappa shape index (κ1) is 10.2. The molecule has 1 N–H and O–H groups in total.